The van der Waals surface area contributed by atoms with E-state index in [9.17, 15) is 18.0 Å². The predicted octanol–water partition coefficient (Wildman–Crippen LogP) is 5.18. The monoisotopic (exact) mass is 564 g/mol. The first-order valence-electron chi connectivity index (χ1n) is 12.8. The van der Waals surface area contributed by atoms with Gasteiger partial charge >= 0.3 is 6.18 Å². The molecule has 0 radical (unpaired) electrons. The number of nitrogens with one attached hydrogen (secondary N) is 1. The molecule has 2 aromatic carbocycles. The van der Waals surface area contributed by atoms with Crippen molar-refractivity contribution in [3.63, 3.8) is 0 Å². The molecule has 5 rings (SSSR count). The van der Waals surface area contributed by atoms with Gasteiger partial charge < -0.3 is 15.2 Å². The second-order valence-corrected chi connectivity index (χ2v) is 10.2. The van der Waals surface area contributed by atoms with Gasteiger partial charge in [-0.15, -0.1) is 12.4 Å². The zero-order valence-corrected chi connectivity index (χ0v) is 22.3. The van der Waals surface area contributed by atoms with Crippen molar-refractivity contribution in [2.45, 2.75) is 56.0 Å². The molecule has 3 aromatic rings. The lowest BCUT2D eigenvalue weighted by molar-refractivity contribution is -0.142. The third-order valence-electron chi connectivity index (χ3n) is 7.89. The number of nitrogens with two attached hydrogens (primary N) is 1. The summed E-state index contributed by atoms with van der Waals surface area (Å²) in [4.78, 5) is 15.0. The van der Waals surface area contributed by atoms with Crippen LogP contribution in [0.5, 0.6) is 5.75 Å². The average Bonchev–Trinajstić information content (AvgIpc) is 3.61. The first kappa shape index (κ1) is 28.9. The summed E-state index contributed by atoms with van der Waals surface area (Å²) >= 11 is 0. The van der Waals surface area contributed by atoms with Crippen molar-refractivity contribution in [2.24, 2.45) is 5.73 Å². The quantitative estimate of drug-likeness (QED) is 0.413. The molecule has 0 saturated carbocycles. The first-order valence-corrected chi connectivity index (χ1v) is 12.8. The van der Waals surface area contributed by atoms with Gasteiger partial charge in [0.05, 0.1) is 17.9 Å². The lowest BCUT2D eigenvalue weighted by Crippen LogP contribution is -2.61. The molecule has 0 bridgehead atoms. The van der Waals surface area contributed by atoms with Gasteiger partial charge in [0.25, 0.3) is 0 Å². The fourth-order valence-electron chi connectivity index (χ4n) is 5.61. The Balaban J connectivity index is 0.00000353. The Morgan fingerprint density at radius 1 is 1.23 bits per heavy atom. The number of hydrogen-bond donors (Lipinski definition) is 2. The summed E-state index contributed by atoms with van der Waals surface area (Å²) in [5, 5.41) is 6.81. The largest absolute Gasteiger partial charge is 0.489 e. The summed E-state index contributed by atoms with van der Waals surface area (Å²) < 4.78 is 51.4. The summed E-state index contributed by atoms with van der Waals surface area (Å²) in [6.07, 6.45) is 0.0772. The Labute approximate surface area is 231 Å². The van der Waals surface area contributed by atoms with Crippen LogP contribution in [0, 0.1) is 0 Å². The molecular weight excluding hydrogens is 533 g/mol. The Morgan fingerprint density at radius 2 is 2.00 bits per heavy atom. The van der Waals surface area contributed by atoms with E-state index in [-0.39, 0.29) is 36.3 Å². The predicted molar refractivity (Wildman–Crippen MR) is 143 cm³/mol. The van der Waals surface area contributed by atoms with E-state index in [2.05, 4.69) is 29.3 Å². The average molecular weight is 565 g/mol. The number of likely N-dealkylation sites (tertiary alicyclic amines) is 1. The Kier molecular flexibility index (Phi) is 8.58. The number of halogens is 4. The van der Waals surface area contributed by atoms with E-state index in [1.165, 1.54) is 12.1 Å². The van der Waals surface area contributed by atoms with Gasteiger partial charge in [0.1, 0.15) is 17.4 Å². The molecule has 11 heteroatoms. The Morgan fingerprint density at radius 3 is 2.67 bits per heavy atom. The second-order valence-electron chi connectivity index (χ2n) is 10.2. The standard InChI is InChI=1S/C28H31F3N4O3.ClH/c1-18(19-5-7-20(8-6-19)21-15-33-34-16-21)25-14-27(26(32)36,10-12-37-25)35-11-9-24(17-35)38-23-4-2-3-22(13-23)28(29,30)31;/h2-8,13,15-16,18,24-25H,9-12,14,17H2,1H3,(H2,32,36)(H,33,34);1H/t18-,24?,25?,27?;/m0./s1. The van der Waals surface area contributed by atoms with Crippen LogP contribution in [-0.4, -0.2) is 58.4 Å². The van der Waals surface area contributed by atoms with Crippen molar-refractivity contribution in [3.8, 4) is 16.9 Å². The smallest absolute Gasteiger partial charge is 0.416 e. The number of hydrogen-bond acceptors (Lipinski definition) is 5. The fourth-order valence-corrected chi connectivity index (χ4v) is 5.61. The van der Waals surface area contributed by atoms with Gasteiger partial charge in [0.2, 0.25) is 5.91 Å². The van der Waals surface area contributed by atoms with Crippen LogP contribution < -0.4 is 10.5 Å². The minimum absolute atomic E-state index is 0. The van der Waals surface area contributed by atoms with Crippen molar-refractivity contribution in [1.82, 2.24) is 15.1 Å². The van der Waals surface area contributed by atoms with Crippen LogP contribution in [0.3, 0.4) is 0 Å². The highest BCUT2D eigenvalue weighted by Crippen LogP contribution is 2.39. The van der Waals surface area contributed by atoms with Gasteiger partial charge in [0.15, 0.2) is 0 Å². The van der Waals surface area contributed by atoms with E-state index in [0.717, 1.165) is 28.8 Å². The van der Waals surface area contributed by atoms with Gasteiger partial charge in [-0.05, 0) is 42.2 Å². The third-order valence-corrected chi connectivity index (χ3v) is 7.89. The molecule has 1 aromatic heterocycles. The molecule has 3 unspecified atom stereocenters. The molecule has 2 saturated heterocycles. The third kappa shape index (κ3) is 6.08. The number of benzene rings is 2. The number of aromatic amines is 1. The van der Waals surface area contributed by atoms with Crippen LogP contribution in [0.15, 0.2) is 60.9 Å². The van der Waals surface area contributed by atoms with Crippen LogP contribution >= 0.6 is 12.4 Å². The van der Waals surface area contributed by atoms with Crippen molar-refractivity contribution in [2.75, 3.05) is 19.7 Å². The van der Waals surface area contributed by atoms with Crippen LogP contribution in [-0.2, 0) is 15.7 Å². The molecule has 1 amide bonds. The van der Waals surface area contributed by atoms with Crippen molar-refractivity contribution >= 4 is 18.3 Å². The second kappa shape index (κ2) is 11.6. The van der Waals surface area contributed by atoms with Crippen LogP contribution in [0.1, 0.15) is 43.2 Å². The van der Waals surface area contributed by atoms with E-state index in [1.54, 1.807) is 6.20 Å². The highest BCUT2D eigenvalue weighted by atomic mass is 35.5. The lowest BCUT2D eigenvalue weighted by atomic mass is 9.79. The van der Waals surface area contributed by atoms with Gasteiger partial charge in [-0.1, -0.05) is 37.3 Å². The Hall–Kier alpha value is -3.08. The summed E-state index contributed by atoms with van der Waals surface area (Å²) in [6.45, 7) is 3.44. The lowest BCUT2D eigenvalue weighted by Gasteiger charge is -2.46. The van der Waals surface area contributed by atoms with E-state index in [4.69, 9.17) is 15.2 Å². The number of rotatable bonds is 7. The normalized spacial score (nSPS) is 24.6. The van der Waals surface area contributed by atoms with Gasteiger partial charge in [0, 0.05) is 43.8 Å². The summed E-state index contributed by atoms with van der Waals surface area (Å²) in [6, 6.07) is 13.1. The van der Waals surface area contributed by atoms with Crippen LogP contribution in [0.4, 0.5) is 13.2 Å². The summed E-state index contributed by atoms with van der Waals surface area (Å²) in [5.41, 5.74) is 7.50. The maximum atomic E-state index is 13.1. The molecule has 3 heterocycles. The molecule has 39 heavy (non-hydrogen) atoms. The highest BCUT2D eigenvalue weighted by molar-refractivity contribution is 5.85. The number of primary amides is 1. The van der Waals surface area contributed by atoms with E-state index >= 15 is 0 Å². The number of nitrogens with zero attached hydrogens (tertiary/aromatic N) is 2. The summed E-state index contributed by atoms with van der Waals surface area (Å²) in [5.74, 6) is -0.225. The van der Waals surface area contributed by atoms with E-state index in [0.29, 0.717) is 39.0 Å². The molecule has 2 aliphatic heterocycles. The molecule has 2 fully saturated rings. The van der Waals surface area contributed by atoms with Gasteiger partial charge in [-0.3, -0.25) is 14.8 Å². The maximum absolute atomic E-state index is 13.1. The summed E-state index contributed by atoms with van der Waals surface area (Å²) in [7, 11) is 0. The number of amides is 1. The van der Waals surface area contributed by atoms with Crippen molar-refractivity contribution < 1.29 is 27.4 Å². The molecule has 3 N–H and O–H groups in total. The van der Waals surface area contributed by atoms with Gasteiger partial charge in [-0.25, -0.2) is 0 Å². The first-order chi connectivity index (χ1) is 18.2. The number of carbonyl (C=O) groups is 1. The molecule has 7 nitrogen and oxygen atoms in total. The van der Waals surface area contributed by atoms with Crippen molar-refractivity contribution in [3.05, 3.63) is 72.1 Å². The van der Waals surface area contributed by atoms with E-state index < -0.39 is 23.2 Å². The van der Waals surface area contributed by atoms with Crippen LogP contribution in [0.25, 0.3) is 11.1 Å². The SMILES string of the molecule is C[C@@H](c1ccc(-c2cn[nH]c2)cc1)C1CC(C(N)=O)(N2CCC(Oc3cccc(C(F)(F)F)c3)C2)CCO1.Cl. The topological polar surface area (TPSA) is 93.5 Å². The Bertz CT molecular complexity index is 1260. The highest BCUT2D eigenvalue weighted by Gasteiger charge is 2.50. The fraction of sp³-hybridized carbons (Fsp3) is 0.429. The number of H-pyrrole nitrogens is 1. The minimum atomic E-state index is -4.44. The zero-order valence-electron chi connectivity index (χ0n) is 21.5. The maximum Gasteiger partial charge on any atom is 0.416 e. The number of alkyl halides is 3. The number of ether oxygens (including phenoxy) is 2. The van der Waals surface area contributed by atoms with Crippen LogP contribution in [0.2, 0.25) is 0 Å². The number of carbonyl (C=O) groups excluding carboxylic acids is 1. The molecule has 4 atom stereocenters. The van der Waals surface area contributed by atoms with Crippen molar-refractivity contribution in [1.29, 1.82) is 0 Å². The molecule has 0 spiro atoms. The molecule has 210 valence electrons. The van der Waals surface area contributed by atoms with Gasteiger partial charge in [-0.2, -0.15) is 18.3 Å². The number of aromatic nitrogens is 2. The molecule has 2 aliphatic rings. The zero-order chi connectivity index (χ0) is 26.9. The molecule has 0 aliphatic carbocycles. The molecular formula is C28H32ClF3N4O3. The van der Waals surface area contributed by atoms with E-state index in [1.807, 2.05) is 23.2 Å². The minimum Gasteiger partial charge on any atom is -0.489 e.